The van der Waals surface area contributed by atoms with Crippen molar-refractivity contribution in [2.24, 2.45) is 5.92 Å². The fourth-order valence-electron chi connectivity index (χ4n) is 2.61. The second-order valence-electron chi connectivity index (χ2n) is 5.65. The number of carboxylic acid groups (broad SMARTS) is 1. The molecule has 0 saturated heterocycles. The van der Waals surface area contributed by atoms with Gasteiger partial charge in [-0.05, 0) is 49.8 Å². The van der Waals surface area contributed by atoms with Crippen LogP contribution in [0.3, 0.4) is 0 Å². The fourth-order valence-corrected chi connectivity index (χ4v) is 2.94. The van der Waals surface area contributed by atoms with E-state index in [2.05, 4.69) is 28.2 Å². The first-order valence-electron chi connectivity index (χ1n) is 6.85. The van der Waals surface area contributed by atoms with Crippen LogP contribution in [0.2, 0.25) is 0 Å². The Labute approximate surface area is 130 Å². The van der Waals surface area contributed by atoms with Crippen LogP contribution in [0.1, 0.15) is 43.0 Å². The summed E-state index contributed by atoms with van der Waals surface area (Å²) >= 11 is 3.12. The zero-order valence-electron chi connectivity index (χ0n) is 11.7. The van der Waals surface area contributed by atoms with Crippen molar-refractivity contribution < 1.29 is 19.1 Å². The number of hydrogen-bond acceptors (Lipinski definition) is 2. The number of aliphatic carboxylic acids is 1. The van der Waals surface area contributed by atoms with Gasteiger partial charge in [0.2, 0.25) is 0 Å². The second kappa shape index (κ2) is 6.13. The standard InChI is InChI=1S/C15H17BrFNO3/c1-9-4-6-15(7-5-9,14(20)21)18-13(19)11-3-2-10(16)8-12(11)17/h2-3,8-9H,4-7H2,1H3,(H,18,19)(H,20,21). The van der Waals surface area contributed by atoms with Gasteiger partial charge in [-0.1, -0.05) is 22.9 Å². The Hall–Kier alpha value is -1.43. The molecule has 1 saturated carbocycles. The molecule has 1 aromatic rings. The van der Waals surface area contributed by atoms with Crippen LogP contribution in [0.15, 0.2) is 22.7 Å². The average Bonchev–Trinajstić information content (AvgIpc) is 2.41. The fraction of sp³-hybridized carbons (Fsp3) is 0.467. The van der Waals surface area contributed by atoms with Crippen molar-refractivity contribution in [1.29, 1.82) is 0 Å². The van der Waals surface area contributed by atoms with Crippen molar-refractivity contribution in [3.05, 3.63) is 34.1 Å². The Balaban J connectivity index is 2.21. The van der Waals surface area contributed by atoms with E-state index in [-0.39, 0.29) is 5.56 Å². The minimum atomic E-state index is -1.29. The summed E-state index contributed by atoms with van der Waals surface area (Å²) in [4.78, 5) is 23.8. The summed E-state index contributed by atoms with van der Waals surface area (Å²) in [6.07, 6.45) is 2.20. The van der Waals surface area contributed by atoms with Gasteiger partial charge in [0.05, 0.1) is 5.56 Å². The highest BCUT2D eigenvalue weighted by Crippen LogP contribution is 2.32. The Morgan fingerprint density at radius 2 is 2.00 bits per heavy atom. The van der Waals surface area contributed by atoms with Crippen molar-refractivity contribution in [3.8, 4) is 0 Å². The normalized spacial score (nSPS) is 25.4. The average molecular weight is 358 g/mol. The van der Waals surface area contributed by atoms with Crippen molar-refractivity contribution in [2.75, 3.05) is 0 Å². The third-order valence-electron chi connectivity index (χ3n) is 4.07. The number of carboxylic acids is 1. The number of carbonyl (C=O) groups is 2. The predicted molar refractivity (Wildman–Crippen MR) is 79.6 cm³/mol. The van der Waals surface area contributed by atoms with Crippen LogP contribution in [0.4, 0.5) is 4.39 Å². The van der Waals surface area contributed by atoms with Gasteiger partial charge in [-0.2, -0.15) is 0 Å². The molecule has 0 unspecified atom stereocenters. The number of halogens is 2. The van der Waals surface area contributed by atoms with E-state index in [0.29, 0.717) is 23.2 Å². The van der Waals surface area contributed by atoms with Crippen molar-refractivity contribution >= 4 is 27.8 Å². The van der Waals surface area contributed by atoms with E-state index in [4.69, 9.17) is 0 Å². The molecule has 1 aliphatic carbocycles. The summed E-state index contributed by atoms with van der Waals surface area (Å²) < 4.78 is 14.3. The number of nitrogens with one attached hydrogen (secondary N) is 1. The smallest absolute Gasteiger partial charge is 0.329 e. The molecule has 1 aromatic carbocycles. The maximum atomic E-state index is 13.8. The molecule has 2 N–H and O–H groups in total. The van der Waals surface area contributed by atoms with E-state index >= 15 is 0 Å². The Kier molecular flexibility index (Phi) is 4.66. The summed E-state index contributed by atoms with van der Waals surface area (Å²) in [5.74, 6) is -1.97. The lowest BCUT2D eigenvalue weighted by atomic mass is 9.77. The van der Waals surface area contributed by atoms with Gasteiger partial charge < -0.3 is 10.4 Å². The topological polar surface area (TPSA) is 66.4 Å². The molecule has 0 aromatic heterocycles. The highest BCUT2D eigenvalue weighted by atomic mass is 79.9. The number of hydrogen-bond donors (Lipinski definition) is 2. The summed E-state index contributed by atoms with van der Waals surface area (Å²) in [5.41, 5.74) is -1.43. The van der Waals surface area contributed by atoms with Crippen LogP contribution in [-0.2, 0) is 4.79 Å². The molecule has 0 heterocycles. The number of rotatable bonds is 3. The molecule has 0 atom stereocenters. The van der Waals surface area contributed by atoms with Crippen LogP contribution in [-0.4, -0.2) is 22.5 Å². The first-order valence-corrected chi connectivity index (χ1v) is 7.64. The van der Waals surface area contributed by atoms with Crippen LogP contribution in [0.5, 0.6) is 0 Å². The third-order valence-corrected chi connectivity index (χ3v) is 4.56. The first-order chi connectivity index (χ1) is 9.84. The summed E-state index contributed by atoms with van der Waals surface area (Å²) in [7, 11) is 0. The van der Waals surface area contributed by atoms with Gasteiger partial charge in [-0.15, -0.1) is 0 Å². The maximum Gasteiger partial charge on any atom is 0.329 e. The molecular weight excluding hydrogens is 341 g/mol. The van der Waals surface area contributed by atoms with E-state index in [1.54, 1.807) is 6.07 Å². The van der Waals surface area contributed by atoms with E-state index < -0.39 is 23.2 Å². The lowest BCUT2D eigenvalue weighted by molar-refractivity contribution is -0.146. The molecule has 2 rings (SSSR count). The molecule has 0 radical (unpaired) electrons. The lowest BCUT2D eigenvalue weighted by Crippen LogP contribution is -2.56. The number of carbonyl (C=O) groups excluding carboxylic acids is 1. The zero-order chi connectivity index (χ0) is 15.6. The Morgan fingerprint density at radius 3 is 2.52 bits per heavy atom. The molecule has 6 heteroatoms. The minimum Gasteiger partial charge on any atom is -0.480 e. The molecule has 0 spiro atoms. The lowest BCUT2D eigenvalue weighted by Gasteiger charge is -2.36. The molecule has 4 nitrogen and oxygen atoms in total. The zero-order valence-corrected chi connectivity index (χ0v) is 13.2. The van der Waals surface area contributed by atoms with Gasteiger partial charge in [-0.3, -0.25) is 4.79 Å². The summed E-state index contributed by atoms with van der Waals surface area (Å²) in [6, 6.07) is 4.08. The van der Waals surface area contributed by atoms with Crippen molar-refractivity contribution in [2.45, 2.75) is 38.1 Å². The molecule has 1 fully saturated rings. The van der Waals surface area contributed by atoms with Crippen molar-refractivity contribution in [3.63, 3.8) is 0 Å². The van der Waals surface area contributed by atoms with E-state index in [0.717, 1.165) is 12.8 Å². The molecule has 1 amide bonds. The van der Waals surface area contributed by atoms with E-state index in [9.17, 15) is 19.1 Å². The maximum absolute atomic E-state index is 13.8. The predicted octanol–water partition coefficient (Wildman–Crippen LogP) is 3.35. The van der Waals surface area contributed by atoms with E-state index in [1.807, 2.05) is 0 Å². The van der Waals surface area contributed by atoms with Crippen molar-refractivity contribution in [1.82, 2.24) is 5.32 Å². The molecule has 1 aliphatic rings. The quantitative estimate of drug-likeness (QED) is 0.871. The van der Waals surface area contributed by atoms with E-state index in [1.165, 1.54) is 12.1 Å². The Bertz CT molecular complexity index is 568. The number of benzene rings is 1. The van der Waals surface area contributed by atoms with Gasteiger partial charge in [-0.25, -0.2) is 9.18 Å². The molecular formula is C15H17BrFNO3. The highest BCUT2D eigenvalue weighted by Gasteiger charge is 2.42. The van der Waals surface area contributed by atoms with Gasteiger partial charge in [0, 0.05) is 4.47 Å². The summed E-state index contributed by atoms with van der Waals surface area (Å²) in [6.45, 7) is 2.06. The summed E-state index contributed by atoms with van der Waals surface area (Å²) in [5, 5.41) is 12.0. The van der Waals surface area contributed by atoms with Crippen LogP contribution >= 0.6 is 15.9 Å². The van der Waals surface area contributed by atoms with Gasteiger partial charge in [0.25, 0.3) is 5.91 Å². The molecule has 0 aliphatic heterocycles. The third kappa shape index (κ3) is 3.43. The molecule has 21 heavy (non-hydrogen) atoms. The highest BCUT2D eigenvalue weighted by molar-refractivity contribution is 9.10. The molecule has 0 bridgehead atoms. The first kappa shape index (κ1) is 15.9. The SMILES string of the molecule is CC1CCC(NC(=O)c2ccc(Br)cc2F)(C(=O)O)CC1. The second-order valence-corrected chi connectivity index (χ2v) is 6.56. The minimum absolute atomic E-state index is 0.141. The van der Waals surface area contributed by atoms with Gasteiger partial charge in [0.15, 0.2) is 0 Å². The largest absolute Gasteiger partial charge is 0.480 e. The monoisotopic (exact) mass is 357 g/mol. The van der Waals surface area contributed by atoms with Gasteiger partial charge >= 0.3 is 5.97 Å². The Morgan fingerprint density at radius 1 is 1.38 bits per heavy atom. The number of amides is 1. The van der Waals surface area contributed by atoms with Crippen LogP contribution < -0.4 is 5.32 Å². The van der Waals surface area contributed by atoms with Gasteiger partial charge in [0.1, 0.15) is 11.4 Å². The molecule has 114 valence electrons. The van der Waals surface area contributed by atoms with Crippen LogP contribution in [0, 0.1) is 11.7 Å². The van der Waals surface area contributed by atoms with Crippen LogP contribution in [0.25, 0.3) is 0 Å².